The molecular weight excluding hydrogens is 373 g/mol. The maximum absolute atomic E-state index is 14.1. The van der Waals surface area contributed by atoms with Crippen LogP contribution in [-0.2, 0) is 9.53 Å². The summed E-state index contributed by atoms with van der Waals surface area (Å²) in [6.45, 7) is 3.85. The van der Waals surface area contributed by atoms with Crippen LogP contribution in [0.15, 0.2) is 48.5 Å². The number of aliphatic carboxylic acids is 1. The van der Waals surface area contributed by atoms with E-state index in [1.807, 2.05) is 36.4 Å². The molecule has 6 heteroatoms. The molecule has 0 radical (unpaired) electrons. The lowest BCUT2D eigenvalue weighted by molar-refractivity contribution is -0.146. The number of hydrogen-bond donors (Lipinski definition) is 1. The van der Waals surface area contributed by atoms with Crippen molar-refractivity contribution >= 4 is 12.1 Å². The SMILES string of the molecule is CC1(C)C(C(F)C(=O)O)CCN1C(=O)OCC1c2ccccc2-c2ccccc21. The van der Waals surface area contributed by atoms with Crippen molar-refractivity contribution in [3.8, 4) is 11.1 Å². The fraction of sp³-hybridized carbons (Fsp3) is 0.391. The molecule has 2 unspecified atom stereocenters. The average Bonchev–Trinajstić information content (AvgIpc) is 3.19. The number of hydrogen-bond acceptors (Lipinski definition) is 3. The molecule has 1 saturated heterocycles. The molecule has 2 aliphatic rings. The van der Waals surface area contributed by atoms with Crippen LogP contribution < -0.4 is 0 Å². The minimum absolute atomic E-state index is 0.0548. The molecule has 2 atom stereocenters. The zero-order chi connectivity index (χ0) is 20.8. The van der Waals surface area contributed by atoms with Gasteiger partial charge in [-0.2, -0.15) is 0 Å². The first-order valence-electron chi connectivity index (χ1n) is 9.82. The molecular formula is C23H24FNO4. The third-order valence-corrected chi connectivity index (χ3v) is 6.41. The van der Waals surface area contributed by atoms with E-state index >= 15 is 0 Å². The number of alkyl halides is 1. The van der Waals surface area contributed by atoms with E-state index in [9.17, 15) is 14.0 Å². The average molecular weight is 397 g/mol. The molecule has 0 spiro atoms. The number of fused-ring (bicyclic) bond motifs is 3. The number of rotatable bonds is 4. The minimum atomic E-state index is -2.00. The van der Waals surface area contributed by atoms with E-state index in [4.69, 9.17) is 9.84 Å². The summed E-state index contributed by atoms with van der Waals surface area (Å²) in [5, 5.41) is 9.02. The zero-order valence-corrected chi connectivity index (χ0v) is 16.5. The summed E-state index contributed by atoms with van der Waals surface area (Å²) in [7, 11) is 0. The van der Waals surface area contributed by atoms with Crippen LogP contribution in [-0.4, -0.2) is 46.9 Å². The van der Waals surface area contributed by atoms with Crippen molar-refractivity contribution in [3.63, 3.8) is 0 Å². The van der Waals surface area contributed by atoms with Crippen molar-refractivity contribution in [3.05, 3.63) is 59.7 Å². The molecule has 0 bridgehead atoms. The van der Waals surface area contributed by atoms with E-state index in [1.54, 1.807) is 13.8 Å². The van der Waals surface area contributed by atoms with Crippen LogP contribution >= 0.6 is 0 Å². The first-order valence-corrected chi connectivity index (χ1v) is 9.82. The Hall–Kier alpha value is -2.89. The fourth-order valence-corrected chi connectivity index (χ4v) is 4.78. The Morgan fingerprint density at radius 3 is 2.24 bits per heavy atom. The second-order valence-electron chi connectivity index (χ2n) is 8.24. The first kappa shape index (κ1) is 19.4. The van der Waals surface area contributed by atoms with Gasteiger partial charge in [0, 0.05) is 23.9 Å². The number of amides is 1. The van der Waals surface area contributed by atoms with E-state index in [-0.39, 0.29) is 19.1 Å². The molecule has 152 valence electrons. The summed E-state index contributed by atoms with van der Waals surface area (Å²) in [6, 6.07) is 16.2. The quantitative estimate of drug-likeness (QED) is 0.827. The van der Waals surface area contributed by atoms with Crippen LogP contribution in [0, 0.1) is 5.92 Å². The Labute approximate surface area is 169 Å². The van der Waals surface area contributed by atoms with E-state index < -0.39 is 29.7 Å². The van der Waals surface area contributed by atoms with Gasteiger partial charge in [0.05, 0.1) is 0 Å². The van der Waals surface area contributed by atoms with Gasteiger partial charge in [0.2, 0.25) is 6.17 Å². The van der Waals surface area contributed by atoms with Crippen molar-refractivity contribution in [2.24, 2.45) is 5.92 Å². The van der Waals surface area contributed by atoms with Gasteiger partial charge in [-0.15, -0.1) is 0 Å². The summed E-state index contributed by atoms with van der Waals surface area (Å²) in [4.78, 5) is 25.3. The predicted molar refractivity (Wildman–Crippen MR) is 106 cm³/mol. The number of carboxylic acid groups (broad SMARTS) is 1. The zero-order valence-electron chi connectivity index (χ0n) is 16.5. The highest BCUT2D eigenvalue weighted by Crippen LogP contribution is 2.45. The number of ether oxygens (including phenoxy) is 1. The standard InChI is InChI=1S/C23H24FNO4/c1-23(2)19(20(24)21(26)27)11-12-25(23)22(28)29-13-18-16-9-5-3-7-14(16)15-8-4-6-10-17(15)18/h3-10,18-20H,11-13H2,1-2H3,(H,26,27). The summed E-state index contributed by atoms with van der Waals surface area (Å²) < 4.78 is 19.8. The smallest absolute Gasteiger partial charge is 0.410 e. The van der Waals surface area contributed by atoms with E-state index in [0.29, 0.717) is 6.42 Å². The van der Waals surface area contributed by atoms with Crippen LogP contribution in [0.25, 0.3) is 11.1 Å². The number of carboxylic acids is 1. The Morgan fingerprint density at radius 2 is 1.69 bits per heavy atom. The van der Waals surface area contributed by atoms with Gasteiger partial charge in [-0.1, -0.05) is 48.5 Å². The van der Waals surface area contributed by atoms with Gasteiger partial charge in [-0.25, -0.2) is 14.0 Å². The van der Waals surface area contributed by atoms with Crippen LogP contribution in [0.1, 0.15) is 37.3 Å². The molecule has 2 aromatic rings. The number of carbonyl (C=O) groups excluding carboxylic acids is 1. The van der Waals surface area contributed by atoms with Gasteiger partial charge < -0.3 is 14.7 Å². The van der Waals surface area contributed by atoms with Gasteiger partial charge in [0.25, 0.3) is 0 Å². The third-order valence-electron chi connectivity index (χ3n) is 6.41. The fourth-order valence-electron chi connectivity index (χ4n) is 4.78. The Bertz CT molecular complexity index is 912. The van der Waals surface area contributed by atoms with Gasteiger partial charge in [-0.05, 0) is 42.5 Å². The Balaban J connectivity index is 1.50. The van der Waals surface area contributed by atoms with Crippen LogP contribution in [0.4, 0.5) is 9.18 Å². The minimum Gasteiger partial charge on any atom is -0.479 e. The highest BCUT2D eigenvalue weighted by Gasteiger charge is 2.50. The molecule has 1 aliphatic carbocycles. The van der Waals surface area contributed by atoms with E-state index in [1.165, 1.54) is 4.90 Å². The van der Waals surface area contributed by atoms with Gasteiger partial charge in [-0.3, -0.25) is 0 Å². The maximum Gasteiger partial charge on any atom is 0.410 e. The normalized spacial score (nSPS) is 20.8. The summed E-state index contributed by atoms with van der Waals surface area (Å²) in [5.41, 5.74) is 3.60. The molecule has 1 amide bonds. The van der Waals surface area contributed by atoms with Crippen LogP contribution in [0.2, 0.25) is 0 Å². The molecule has 0 saturated carbocycles. The lowest BCUT2D eigenvalue weighted by atomic mass is 9.85. The highest BCUT2D eigenvalue weighted by molar-refractivity contribution is 5.79. The van der Waals surface area contributed by atoms with Crippen LogP contribution in [0.5, 0.6) is 0 Å². The molecule has 0 aromatic heterocycles. The number of halogens is 1. The lowest BCUT2D eigenvalue weighted by Gasteiger charge is -2.35. The molecule has 2 aromatic carbocycles. The topological polar surface area (TPSA) is 66.8 Å². The highest BCUT2D eigenvalue weighted by atomic mass is 19.1. The second kappa shape index (κ2) is 7.17. The first-order chi connectivity index (χ1) is 13.8. The van der Waals surface area contributed by atoms with Crippen molar-refractivity contribution in [2.75, 3.05) is 13.2 Å². The summed E-state index contributed by atoms with van der Waals surface area (Å²) in [6.07, 6.45) is -2.24. The van der Waals surface area contributed by atoms with Crippen molar-refractivity contribution in [1.82, 2.24) is 4.90 Å². The largest absolute Gasteiger partial charge is 0.479 e. The molecule has 1 fully saturated rings. The van der Waals surface area contributed by atoms with Gasteiger partial charge in [0.15, 0.2) is 0 Å². The van der Waals surface area contributed by atoms with E-state index in [0.717, 1.165) is 22.3 Å². The number of nitrogens with zero attached hydrogens (tertiary/aromatic N) is 1. The van der Waals surface area contributed by atoms with Crippen molar-refractivity contribution in [2.45, 2.75) is 37.9 Å². The van der Waals surface area contributed by atoms with Crippen LogP contribution in [0.3, 0.4) is 0 Å². The Morgan fingerprint density at radius 1 is 1.14 bits per heavy atom. The van der Waals surface area contributed by atoms with Crippen molar-refractivity contribution in [1.29, 1.82) is 0 Å². The molecule has 1 heterocycles. The summed E-state index contributed by atoms with van der Waals surface area (Å²) >= 11 is 0. The maximum atomic E-state index is 14.1. The molecule has 4 rings (SSSR count). The third kappa shape index (κ3) is 3.16. The molecule has 29 heavy (non-hydrogen) atoms. The van der Waals surface area contributed by atoms with Gasteiger partial charge in [0.1, 0.15) is 6.61 Å². The second-order valence-corrected chi connectivity index (χ2v) is 8.24. The molecule has 5 nitrogen and oxygen atoms in total. The molecule has 1 N–H and O–H groups in total. The van der Waals surface area contributed by atoms with Crippen molar-refractivity contribution < 1.29 is 23.8 Å². The van der Waals surface area contributed by atoms with E-state index in [2.05, 4.69) is 12.1 Å². The monoisotopic (exact) mass is 397 g/mol. The molecule has 1 aliphatic heterocycles. The summed E-state index contributed by atoms with van der Waals surface area (Å²) in [5.74, 6) is -2.31. The lowest BCUT2D eigenvalue weighted by Crippen LogP contribution is -2.49. The predicted octanol–water partition coefficient (Wildman–Crippen LogP) is 4.46. The number of likely N-dealkylation sites (tertiary alicyclic amines) is 1. The van der Waals surface area contributed by atoms with Gasteiger partial charge >= 0.3 is 12.1 Å². The Kier molecular flexibility index (Phi) is 4.81. The number of carbonyl (C=O) groups is 2. The number of benzene rings is 2.